The van der Waals surface area contributed by atoms with Crippen molar-refractivity contribution < 1.29 is 0 Å². The molecule has 5 heteroatoms. The molecule has 0 bridgehead atoms. The summed E-state index contributed by atoms with van der Waals surface area (Å²) in [6, 6.07) is 11.7. The second-order valence-corrected chi connectivity index (χ2v) is 6.50. The van der Waals surface area contributed by atoms with Crippen LogP contribution in [0.3, 0.4) is 0 Å². The Hall–Kier alpha value is -1.29. The summed E-state index contributed by atoms with van der Waals surface area (Å²) in [7, 11) is 0. The highest BCUT2D eigenvalue weighted by atomic mass is 35.5. The van der Waals surface area contributed by atoms with Gasteiger partial charge >= 0.3 is 0 Å². The van der Waals surface area contributed by atoms with Crippen LogP contribution in [-0.4, -0.2) is 5.11 Å². The predicted molar refractivity (Wildman–Crippen MR) is 100 cm³/mol. The Kier molecular flexibility index (Phi) is 5.68. The molecule has 2 nitrogen and oxygen atoms in total. The molecule has 2 rings (SSSR count). The number of aryl methyl sites for hydroxylation is 2. The zero-order valence-corrected chi connectivity index (χ0v) is 15.0. The summed E-state index contributed by atoms with van der Waals surface area (Å²) in [5.74, 6) is 0. The third-order valence-corrected chi connectivity index (χ3v) is 4.25. The molecule has 116 valence electrons. The molecular formula is C17H18Cl2N2S. The van der Waals surface area contributed by atoms with Gasteiger partial charge in [0.25, 0.3) is 0 Å². The Labute approximate surface area is 146 Å². The number of rotatable bonds is 3. The number of anilines is 1. The van der Waals surface area contributed by atoms with Gasteiger partial charge in [-0.1, -0.05) is 47.5 Å². The number of nitrogens with one attached hydrogen (secondary N) is 2. The number of hydrogen-bond donors (Lipinski definition) is 2. The topological polar surface area (TPSA) is 24.1 Å². The van der Waals surface area contributed by atoms with Crippen LogP contribution < -0.4 is 10.6 Å². The molecule has 0 aliphatic rings. The molecule has 1 atom stereocenters. The molecule has 0 saturated carbocycles. The maximum atomic E-state index is 6.29. The molecule has 0 aliphatic carbocycles. The summed E-state index contributed by atoms with van der Waals surface area (Å²) < 4.78 is 0. The van der Waals surface area contributed by atoms with E-state index in [2.05, 4.69) is 16.7 Å². The third-order valence-electron chi connectivity index (χ3n) is 3.39. The lowest BCUT2D eigenvalue weighted by atomic mass is 10.1. The Balaban J connectivity index is 2.09. The van der Waals surface area contributed by atoms with Gasteiger partial charge in [0, 0.05) is 5.02 Å². The van der Waals surface area contributed by atoms with Crippen LogP contribution >= 0.6 is 35.4 Å². The standard InChI is InChI=1S/C17H18Cl2N2S/c1-10-8-11(2)16(15(19)9-10)21-17(22)20-12(3)13-6-4-5-7-14(13)18/h4-9,12H,1-3H3,(H2,20,21,22)/t12-/m0/s1. The fourth-order valence-corrected chi connectivity index (χ4v) is 3.27. The molecule has 0 aromatic heterocycles. The van der Waals surface area contributed by atoms with Crippen molar-refractivity contribution in [1.29, 1.82) is 0 Å². The first-order valence-electron chi connectivity index (χ1n) is 6.97. The molecule has 2 aromatic carbocycles. The number of benzene rings is 2. The van der Waals surface area contributed by atoms with Crippen LogP contribution in [0.15, 0.2) is 36.4 Å². The molecule has 0 spiro atoms. The van der Waals surface area contributed by atoms with Crippen LogP contribution in [0.2, 0.25) is 10.0 Å². The van der Waals surface area contributed by atoms with E-state index in [1.165, 1.54) is 0 Å². The lowest BCUT2D eigenvalue weighted by Gasteiger charge is -2.20. The molecular weight excluding hydrogens is 335 g/mol. The molecule has 22 heavy (non-hydrogen) atoms. The molecule has 2 aromatic rings. The molecule has 0 aliphatic heterocycles. The van der Waals surface area contributed by atoms with Crippen molar-refractivity contribution in [1.82, 2.24) is 5.32 Å². The first kappa shape index (κ1) is 17.1. The van der Waals surface area contributed by atoms with Gasteiger partial charge in [-0.15, -0.1) is 0 Å². The summed E-state index contributed by atoms with van der Waals surface area (Å²) in [6.45, 7) is 6.03. The summed E-state index contributed by atoms with van der Waals surface area (Å²) in [5.41, 5.74) is 4.01. The van der Waals surface area contributed by atoms with Gasteiger partial charge in [0.1, 0.15) is 0 Å². The summed E-state index contributed by atoms with van der Waals surface area (Å²) in [6.07, 6.45) is 0. The highest BCUT2D eigenvalue weighted by Crippen LogP contribution is 2.28. The third kappa shape index (κ3) is 4.13. The van der Waals surface area contributed by atoms with E-state index in [0.29, 0.717) is 10.1 Å². The van der Waals surface area contributed by atoms with Gasteiger partial charge in [0.2, 0.25) is 0 Å². The summed E-state index contributed by atoms with van der Waals surface area (Å²) in [5, 5.41) is 8.29. The van der Waals surface area contributed by atoms with E-state index in [4.69, 9.17) is 35.4 Å². The Morgan fingerprint density at radius 3 is 2.41 bits per heavy atom. The maximum Gasteiger partial charge on any atom is 0.171 e. The van der Waals surface area contributed by atoms with Crippen LogP contribution in [0.1, 0.15) is 29.7 Å². The molecule has 0 radical (unpaired) electrons. The zero-order chi connectivity index (χ0) is 16.3. The fraction of sp³-hybridized carbons (Fsp3) is 0.235. The molecule has 2 N–H and O–H groups in total. The fourth-order valence-electron chi connectivity index (χ4n) is 2.32. The predicted octanol–water partition coefficient (Wildman–Crippen LogP) is 5.66. The lowest BCUT2D eigenvalue weighted by molar-refractivity contribution is 0.723. The van der Waals surface area contributed by atoms with E-state index in [0.717, 1.165) is 27.4 Å². The van der Waals surface area contributed by atoms with Crippen LogP contribution in [-0.2, 0) is 0 Å². The largest absolute Gasteiger partial charge is 0.356 e. The number of halogens is 2. The summed E-state index contributed by atoms with van der Waals surface area (Å²) >= 11 is 17.9. The average molecular weight is 353 g/mol. The first-order chi connectivity index (χ1) is 10.4. The van der Waals surface area contributed by atoms with Gasteiger partial charge < -0.3 is 10.6 Å². The van der Waals surface area contributed by atoms with Crippen molar-refractivity contribution in [2.45, 2.75) is 26.8 Å². The van der Waals surface area contributed by atoms with E-state index < -0.39 is 0 Å². The highest BCUT2D eigenvalue weighted by molar-refractivity contribution is 7.80. The van der Waals surface area contributed by atoms with Gasteiger partial charge in [0.05, 0.1) is 16.8 Å². The van der Waals surface area contributed by atoms with Crippen molar-refractivity contribution in [3.05, 3.63) is 63.1 Å². The van der Waals surface area contributed by atoms with Crippen molar-refractivity contribution in [3.8, 4) is 0 Å². The lowest BCUT2D eigenvalue weighted by Crippen LogP contribution is -2.31. The monoisotopic (exact) mass is 352 g/mol. The van der Waals surface area contributed by atoms with Crippen molar-refractivity contribution >= 4 is 46.2 Å². The first-order valence-corrected chi connectivity index (χ1v) is 8.13. The van der Waals surface area contributed by atoms with Crippen molar-refractivity contribution in [2.75, 3.05) is 5.32 Å². The highest BCUT2D eigenvalue weighted by Gasteiger charge is 2.12. The van der Waals surface area contributed by atoms with Crippen LogP contribution in [0.25, 0.3) is 0 Å². The van der Waals surface area contributed by atoms with Crippen LogP contribution in [0.4, 0.5) is 5.69 Å². The second kappa shape index (κ2) is 7.32. The molecule has 0 saturated heterocycles. The average Bonchev–Trinajstić information content (AvgIpc) is 2.43. The van der Waals surface area contributed by atoms with E-state index in [9.17, 15) is 0 Å². The maximum absolute atomic E-state index is 6.29. The molecule has 0 amide bonds. The minimum absolute atomic E-state index is 0.00164. The van der Waals surface area contributed by atoms with E-state index in [-0.39, 0.29) is 6.04 Å². The summed E-state index contributed by atoms with van der Waals surface area (Å²) in [4.78, 5) is 0. The molecule has 0 unspecified atom stereocenters. The smallest absolute Gasteiger partial charge is 0.171 e. The Bertz CT molecular complexity index is 678. The van der Waals surface area contributed by atoms with Crippen LogP contribution in [0.5, 0.6) is 0 Å². The minimum Gasteiger partial charge on any atom is -0.356 e. The molecule has 0 heterocycles. The van der Waals surface area contributed by atoms with Gasteiger partial charge in [-0.05, 0) is 61.8 Å². The normalized spacial score (nSPS) is 11.9. The van der Waals surface area contributed by atoms with Gasteiger partial charge in [-0.25, -0.2) is 0 Å². The molecule has 0 fully saturated rings. The Morgan fingerprint density at radius 2 is 1.77 bits per heavy atom. The van der Waals surface area contributed by atoms with E-state index in [1.54, 1.807) is 0 Å². The minimum atomic E-state index is -0.00164. The van der Waals surface area contributed by atoms with Crippen molar-refractivity contribution in [2.24, 2.45) is 0 Å². The number of thiocarbonyl (C=S) groups is 1. The Morgan fingerprint density at radius 1 is 1.09 bits per heavy atom. The quantitative estimate of drug-likeness (QED) is 0.697. The van der Waals surface area contributed by atoms with E-state index >= 15 is 0 Å². The van der Waals surface area contributed by atoms with Crippen molar-refractivity contribution in [3.63, 3.8) is 0 Å². The van der Waals surface area contributed by atoms with Gasteiger partial charge in [-0.3, -0.25) is 0 Å². The van der Waals surface area contributed by atoms with E-state index in [1.807, 2.05) is 51.1 Å². The second-order valence-electron chi connectivity index (χ2n) is 5.28. The zero-order valence-electron chi connectivity index (χ0n) is 12.7. The number of hydrogen-bond acceptors (Lipinski definition) is 1. The SMILES string of the molecule is Cc1cc(C)c(NC(=S)N[C@@H](C)c2ccccc2Cl)c(Cl)c1. The van der Waals surface area contributed by atoms with Crippen LogP contribution in [0, 0.1) is 13.8 Å². The van der Waals surface area contributed by atoms with Gasteiger partial charge in [0.15, 0.2) is 5.11 Å². The van der Waals surface area contributed by atoms with Gasteiger partial charge in [-0.2, -0.15) is 0 Å².